The molecule has 0 spiro atoms. The van der Waals surface area contributed by atoms with Crippen molar-refractivity contribution in [3.8, 4) is 5.82 Å². The van der Waals surface area contributed by atoms with Gasteiger partial charge in [-0.25, -0.2) is 9.97 Å². The van der Waals surface area contributed by atoms with Gasteiger partial charge in [0.15, 0.2) is 5.82 Å². The Kier molecular flexibility index (Phi) is 3.55. The third-order valence-electron chi connectivity index (χ3n) is 3.65. The van der Waals surface area contributed by atoms with Crippen molar-refractivity contribution < 1.29 is 0 Å². The molecule has 3 rings (SSSR count). The predicted octanol–water partition coefficient (Wildman–Crippen LogP) is 1.69. The number of nitrogens with zero attached hydrogens (tertiary/aromatic N) is 4. The summed E-state index contributed by atoms with van der Waals surface area (Å²) in [6.07, 6.45) is 10.6. The molecule has 2 aromatic heterocycles. The summed E-state index contributed by atoms with van der Waals surface area (Å²) in [4.78, 5) is 13.5. The third-order valence-corrected chi connectivity index (χ3v) is 3.65. The summed E-state index contributed by atoms with van der Waals surface area (Å²) < 4.78 is 2.07. The molecule has 1 fully saturated rings. The summed E-state index contributed by atoms with van der Waals surface area (Å²) >= 11 is 0. The van der Waals surface area contributed by atoms with E-state index in [-0.39, 0.29) is 0 Å². The van der Waals surface area contributed by atoms with Crippen molar-refractivity contribution in [2.24, 2.45) is 0 Å². The van der Waals surface area contributed by atoms with E-state index in [1.807, 2.05) is 12.4 Å². The number of rotatable bonds is 3. The second-order valence-electron chi connectivity index (χ2n) is 4.88. The third kappa shape index (κ3) is 2.38. The maximum atomic E-state index is 4.58. The minimum Gasteiger partial charge on any atom is -0.316 e. The van der Waals surface area contributed by atoms with E-state index in [4.69, 9.17) is 0 Å². The Morgan fingerprint density at radius 1 is 1.26 bits per heavy atom. The quantitative estimate of drug-likeness (QED) is 0.909. The van der Waals surface area contributed by atoms with Gasteiger partial charge in [0.05, 0.1) is 5.69 Å². The molecule has 19 heavy (non-hydrogen) atoms. The molecule has 0 unspecified atom stereocenters. The van der Waals surface area contributed by atoms with Crippen LogP contribution in [-0.2, 0) is 6.42 Å². The molecule has 5 nitrogen and oxygen atoms in total. The van der Waals surface area contributed by atoms with Crippen molar-refractivity contribution >= 4 is 0 Å². The standard InChI is InChI=1S/C14H19N5/c1-2-12-16-8-9-19(12)14-13(17-6-7-18-14)11-4-3-5-15-10-11/h6-9,11,15H,2-5,10H2,1H3/t11-/m1/s1. The van der Waals surface area contributed by atoms with Gasteiger partial charge in [-0.2, -0.15) is 0 Å². The van der Waals surface area contributed by atoms with Crippen molar-refractivity contribution in [1.29, 1.82) is 0 Å². The van der Waals surface area contributed by atoms with Crippen LogP contribution in [-0.4, -0.2) is 32.6 Å². The number of hydrogen-bond acceptors (Lipinski definition) is 4. The zero-order chi connectivity index (χ0) is 13.1. The molecule has 1 atom stereocenters. The SMILES string of the molecule is CCc1nccn1-c1nccnc1[C@@H]1CCCNC1. The topological polar surface area (TPSA) is 55.6 Å². The van der Waals surface area contributed by atoms with E-state index in [2.05, 4.69) is 31.8 Å². The van der Waals surface area contributed by atoms with E-state index in [0.717, 1.165) is 36.8 Å². The van der Waals surface area contributed by atoms with Crippen LogP contribution in [0.3, 0.4) is 0 Å². The molecule has 0 amide bonds. The summed E-state index contributed by atoms with van der Waals surface area (Å²) in [5, 5.41) is 3.44. The average molecular weight is 257 g/mol. The molecule has 1 N–H and O–H groups in total. The molecule has 0 aromatic carbocycles. The lowest BCUT2D eigenvalue weighted by Gasteiger charge is -2.23. The Balaban J connectivity index is 2.01. The first-order valence-corrected chi connectivity index (χ1v) is 6.94. The molecule has 2 aromatic rings. The van der Waals surface area contributed by atoms with Crippen molar-refractivity contribution in [2.45, 2.75) is 32.1 Å². The van der Waals surface area contributed by atoms with Crippen LogP contribution in [0.5, 0.6) is 0 Å². The van der Waals surface area contributed by atoms with Crippen molar-refractivity contribution in [3.05, 3.63) is 36.3 Å². The van der Waals surface area contributed by atoms with E-state index >= 15 is 0 Å². The van der Waals surface area contributed by atoms with E-state index in [9.17, 15) is 0 Å². The Bertz CT molecular complexity index is 542. The maximum Gasteiger partial charge on any atom is 0.160 e. The molecule has 100 valence electrons. The van der Waals surface area contributed by atoms with E-state index in [0.29, 0.717) is 5.92 Å². The minimum absolute atomic E-state index is 0.449. The van der Waals surface area contributed by atoms with Crippen molar-refractivity contribution in [1.82, 2.24) is 24.8 Å². The fraction of sp³-hybridized carbons (Fsp3) is 0.500. The Morgan fingerprint density at radius 3 is 2.95 bits per heavy atom. The fourth-order valence-electron chi connectivity index (χ4n) is 2.69. The Morgan fingerprint density at radius 2 is 2.16 bits per heavy atom. The van der Waals surface area contributed by atoms with Crippen molar-refractivity contribution in [2.75, 3.05) is 13.1 Å². The molecule has 5 heteroatoms. The summed E-state index contributed by atoms with van der Waals surface area (Å²) in [7, 11) is 0. The van der Waals surface area contributed by atoms with Gasteiger partial charge in [0.25, 0.3) is 0 Å². The van der Waals surface area contributed by atoms with Crippen LogP contribution < -0.4 is 5.32 Å². The van der Waals surface area contributed by atoms with Crippen LogP contribution in [0.1, 0.15) is 37.2 Å². The highest BCUT2D eigenvalue weighted by molar-refractivity contribution is 5.33. The van der Waals surface area contributed by atoms with Gasteiger partial charge in [-0.15, -0.1) is 0 Å². The molecule has 3 heterocycles. The second-order valence-corrected chi connectivity index (χ2v) is 4.88. The molecule has 1 aliphatic heterocycles. The average Bonchev–Trinajstić information content (AvgIpc) is 2.96. The zero-order valence-corrected chi connectivity index (χ0v) is 11.2. The normalized spacial score (nSPS) is 19.5. The van der Waals surface area contributed by atoms with Gasteiger partial charge in [0.2, 0.25) is 0 Å². The van der Waals surface area contributed by atoms with Gasteiger partial charge in [-0.3, -0.25) is 9.55 Å². The molecule has 0 bridgehead atoms. The number of aryl methyl sites for hydroxylation is 1. The number of imidazole rings is 1. The zero-order valence-electron chi connectivity index (χ0n) is 11.2. The van der Waals surface area contributed by atoms with Crippen LogP contribution in [0.2, 0.25) is 0 Å². The maximum absolute atomic E-state index is 4.58. The van der Waals surface area contributed by atoms with E-state index < -0.39 is 0 Å². The number of nitrogens with one attached hydrogen (secondary N) is 1. The molecular weight excluding hydrogens is 238 g/mol. The smallest absolute Gasteiger partial charge is 0.160 e. The highest BCUT2D eigenvalue weighted by Crippen LogP contribution is 2.25. The summed E-state index contributed by atoms with van der Waals surface area (Å²) in [5.41, 5.74) is 1.09. The largest absolute Gasteiger partial charge is 0.316 e. The van der Waals surface area contributed by atoms with Crippen LogP contribution in [0.25, 0.3) is 5.82 Å². The predicted molar refractivity (Wildman–Crippen MR) is 73.4 cm³/mol. The van der Waals surface area contributed by atoms with Crippen LogP contribution in [0.4, 0.5) is 0 Å². The lowest BCUT2D eigenvalue weighted by Crippen LogP contribution is -2.29. The van der Waals surface area contributed by atoms with Crippen LogP contribution in [0, 0.1) is 0 Å². The van der Waals surface area contributed by atoms with Gasteiger partial charge < -0.3 is 5.32 Å². The Hall–Kier alpha value is -1.75. The lowest BCUT2D eigenvalue weighted by molar-refractivity contribution is 0.452. The van der Waals surface area contributed by atoms with Gasteiger partial charge in [0, 0.05) is 43.7 Å². The number of piperidine rings is 1. The monoisotopic (exact) mass is 257 g/mol. The molecule has 1 aliphatic rings. The second kappa shape index (κ2) is 5.48. The summed E-state index contributed by atoms with van der Waals surface area (Å²) in [6, 6.07) is 0. The van der Waals surface area contributed by atoms with E-state index in [1.165, 1.54) is 12.8 Å². The first-order valence-electron chi connectivity index (χ1n) is 6.94. The minimum atomic E-state index is 0.449. The summed E-state index contributed by atoms with van der Waals surface area (Å²) in [5.74, 6) is 2.42. The van der Waals surface area contributed by atoms with Gasteiger partial charge in [0.1, 0.15) is 5.82 Å². The molecule has 0 radical (unpaired) electrons. The van der Waals surface area contributed by atoms with Crippen LogP contribution in [0.15, 0.2) is 24.8 Å². The van der Waals surface area contributed by atoms with E-state index in [1.54, 1.807) is 12.4 Å². The molecular formula is C14H19N5. The number of hydrogen-bond donors (Lipinski definition) is 1. The first kappa shape index (κ1) is 12.3. The van der Waals surface area contributed by atoms with Crippen LogP contribution >= 0.6 is 0 Å². The van der Waals surface area contributed by atoms with Gasteiger partial charge >= 0.3 is 0 Å². The summed E-state index contributed by atoms with van der Waals surface area (Å²) in [6.45, 7) is 4.20. The lowest BCUT2D eigenvalue weighted by atomic mass is 9.95. The first-order chi connectivity index (χ1) is 9.40. The Labute approximate surface area is 113 Å². The highest BCUT2D eigenvalue weighted by Gasteiger charge is 2.21. The highest BCUT2D eigenvalue weighted by atomic mass is 15.1. The van der Waals surface area contributed by atoms with Gasteiger partial charge in [-0.05, 0) is 19.4 Å². The number of aromatic nitrogens is 4. The molecule has 1 saturated heterocycles. The molecule has 0 aliphatic carbocycles. The van der Waals surface area contributed by atoms with Gasteiger partial charge in [-0.1, -0.05) is 6.92 Å². The van der Waals surface area contributed by atoms with Crippen molar-refractivity contribution in [3.63, 3.8) is 0 Å². The fourth-order valence-corrected chi connectivity index (χ4v) is 2.69. The molecule has 0 saturated carbocycles.